The summed E-state index contributed by atoms with van der Waals surface area (Å²) in [5.41, 5.74) is 3.92. The summed E-state index contributed by atoms with van der Waals surface area (Å²) in [6.45, 7) is 9.49. The molecule has 0 saturated carbocycles. The van der Waals surface area contributed by atoms with E-state index in [1.165, 1.54) is 0 Å². The van der Waals surface area contributed by atoms with E-state index in [0.29, 0.717) is 42.9 Å². The molecule has 0 spiro atoms. The molecule has 1 unspecified atom stereocenters. The van der Waals surface area contributed by atoms with Crippen molar-refractivity contribution in [1.82, 2.24) is 15.1 Å². The van der Waals surface area contributed by atoms with Crippen molar-refractivity contribution in [2.75, 3.05) is 39.3 Å². The van der Waals surface area contributed by atoms with Crippen LogP contribution in [0.15, 0.2) is 83.2 Å². The van der Waals surface area contributed by atoms with Gasteiger partial charge in [-0.3, -0.25) is 9.69 Å². The van der Waals surface area contributed by atoms with Gasteiger partial charge in [0, 0.05) is 50.0 Å². The minimum Gasteiger partial charge on any atom is -0.478 e. The van der Waals surface area contributed by atoms with E-state index in [4.69, 9.17) is 4.74 Å². The van der Waals surface area contributed by atoms with Gasteiger partial charge < -0.3 is 20.1 Å². The highest BCUT2D eigenvalue weighted by molar-refractivity contribution is 5.97. The summed E-state index contributed by atoms with van der Waals surface area (Å²) in [6.07, 6.45) is 4.12. The van der Waals surface area contributed by atoms with Crippen LogP contribution in [0, 0.1) is 5.92 Å². The monoisotopic (exact) mass is 587 g/mol. The number of nitrogens with zero attached hydrogens (tertiary/aromatic N) is 2. The molecule has 0 radical (unpaired) electrons. The molecule has 1 fully saturated rings. The van der Waals surface area contributed by atoms with Crippen LogP contribution in [0.5, 0.6) is 0 Å². The second-order valence-electron chi connectivity index (χ2n) is 11.5. The number of aliphatic carboxylic acids is 1. The fourth-order valence-electron chi connectivity index (χ4n) is 6.25. The Balaban J connectivity index is 1.28. The highest BCUT2D eigenvalue weighted by atomic mass is 16.5. The van der Waals surface area contributed by atoms with E-state index < -0.39 is 17.9 Å². The van der Waals surface area contributed by atoms with Gasteiger partial charge in [0.05, 0.1) is 23.7 Å². The Morgan fingerprint density at radius 3 is 2.00 bits per heavy atom. The lowest BCUT2D eigenvalue weighted by molar-refractivity contribution is -0.140. The van der Waals surface area contributed by atoms with E-state index >= 15 is 0 Å². The minimum absolute atomic E-state index is 0.120. The van der Waals surface area contributed by atoms with Gasteiger partial charge in [0.15, 0.2) is 0 Å². The van der Waals surface area contributed by atoms with Crippen LogP contribution in [-0.2, 0) is 19.1 Å². The highest BCUT2D eigenvalue weighted by Crippen LogP contribution is 2.34. The van der Waals surface area contributed by atoms with Crippen LogP contribution in [0.4, 0.5) is 0 Å². The number of allylic oxidation sites excluding steroid dienone is 2. The van der Waals surface area contributed by atoms with Crippen molar-refractivity contribution in [2.45, 2.75) is 58.8 Å². The zero-order valence-corrected chi connectivity index (χ0v) is 25.7. The molecule has 8 heteroatoms. The van der Waals surface area contributed by atoms with Gasteiger partial charge in [-0.1, -0.05) is 86.8 Å². The number of benzene rings is 2. The number of carbonyl (C=O) groups excluding carboxylic acids is 2. The van der Waals surface area contributed by atoms with Gasteiger partial charge >= 0.3 is 11.9 Å². The number of amides is 1. The normalized spacial score (nSPS) is 17.7. The zero-order chi connectivity index (χ0) is 30.8. The lowest BCUT2D eigenvalue weighted by Crippen LogP contribution is -2.50. The van der Waals surface area contributed by atoms with E-state index in [-0.39, 0.29) is 24.0 Å². The first kappa shape index (κ1) is 32.0. The molecule has 2 aromatic carbocycles. The number of dihydropyridines is 1. The maximum absolute atomic E-state index is 13.7. The second-order valence-corrected chi connectivity index (χ2v) is 11.5. The first-order chi connectivity index (χ1) is 20.8. The molecule has 230 valence electrons. The number of hydrogen-bond acceptors (Lipinski definition) is 6. The number of carbonyl (C=O) groups is 3. The van der Waals surface area contributed by atoms with Crippen LogP contribution >= 0.6 is 0 Å². The number of unbranched alkanes of at least 4 members (excludes halogenated alkanes) is 2. The molecule has 0 bridgehead atoms. The van der Waals surface area contributed by atoms with Gasteiger partial charge in [-0.05, 0) is 37.8 Å². The van der Waals surface area contributed by atoms with Crippen molar-refractivity contribution in [3.8, 4) is 0 Å². The molecule has 2 N–H and O–H groups in total. The number of nitrogens with one attached hydrogen (secondary N) is 1. The molecule has 0 aromatic heterocycles. The first-order valence-corrected chi connectivity index (χ1v) is 15.5. The SMILES string of the molecule is CCCCCC1C(C(=O)O)=C(C)NC(C)=C1C(=O)OCCCN1CCN(C(=O)C(c2ccccc2)c2ccccc2)CC1. The van der Waals surface area contributed by atoms with Gasteiger partial charge in [-0.15, -0.1) is 0 Å². The largest absolute Gasteiger partial charge is 0.478 e. The van der Waals surface area contributed by atoms with Crippen LogP contribution in [0.1, 0.15) is 69.9 Å². The van der Waals surface area contributed by atoms with Crippen LogP contribution < -0.4 is 5.32 Å². The average Bonchev–Trinajstić information content (AvgIpc) is 3.00. The van der Waals surface area contributed by atoms with E-state index in [1.54, 1.807) is 6.92 Å². The summed E-state index contributed by atoms with van der Waals surface area (Å²) in [4.78, 5) is 43.2. The predicted octanol–water partition coefficient (Wildman–Crippen LogP) is 5.33. The smallest absolute Gasteiger partial charge is 0.336 e. The van der Waals surface area contributed by atoms with Gasteiger partial charge in [0.25, 0.3) is 0 Å². The van der Waals surface area contributed by atoms with Gasteiger partial charge in [-0.2, -0.15) is 0 Å². The molecule has 4 rings (SSSR count). The summed E-state index contributed by atoms with van der Waals surface area (Å²) in [5, 5.41) is 13.0. The van der Waals surface area contributed by atoms with Crippen molar-refractivity contribution >= 4 is 17.8 Å². The van der Waals surface area contributed by atoms with Crippen LogP contribution in [0.2, 0.25) is 0 Å². The van der Waals surface area contributed by atoms with Gasteiger partial charge in [0.2, 0.25) is 5.91 Å². The average molecular weight is 588 g/mol. The number of esters is 1. The summed E-state index contributed by atoms with van der Waals surface area (Å²) in [6, 6.07) is 19.9. The number of ether oxygens (including phenoxy) is 1. The minimum atomic E-state index is -0.999. The zero-order valence-electron chi connectivity index (χ0n) is 25.7. The number of piperazine rings is 1. The molecule has 0 aliphatic carbocycles. The Hall–Kier alpha value is -3.91. The van der Waals surface area contributed by atoms with E-state index in [2.05, 4.69) is 17.1 Å². The summed E-state index contributed by atoms with van der Waals surface area (Å²) in [7, 11) is 0. The first-order valence-electron chi connectivity index (χ1n) is 15.5. The quantitative estimate of drug-likeness (QED) is 0.242. The van der Waals surface area contributed by atoms with Crippen molar-refractivity contribution < 1.29 is 24.2 Å². The second kappa shape index (κ2) is 15.5. The molecule has 2 aliphatic heterocycles. The Kier molecular flexibility index (Phi) is 11.6. The van der Waals surface area contributed by atoms with E-state index in [9.17, 15) is 19.5 Å². The molecule has 2 heterocycles. The summed E-state index contributed by atoms with van der Waals surface area (Å²) in [5.74, 6) is -2.12. The molecular formula is C35H45N3O5. The maximum Gasteiger partial charge on any atom is 0.336 e. The number of carboxylic acids is 1. The third kappa shape index (κ3) is 8.14. The lowest BCUT2D eigenvalue weighted by atomic mass is 9.82. The topological polar surface area (TPSA) is 99.2 Å². The predicted molar refractivity (Wildman–Crippen MR) is 167 cm³/mol. The lowest BCUT2D eigenvalue weighted by Gasteiger charge is -2.36. The van der Waals surface area contributed by atoms with Crippen molar-refractivity contribution in [3.63, 3.8) is 0 Å². The molecule has 8 nitrogen and oxygen atoms in total. The summed E-state index contributed by atoms with van der Waals surface area (Å²) >= 11 is 0. The van der Waals surface area contributed by atoms with Crippen molar-refractivity contribution in [3.05, 3.63) is 94.3 Å². The Labute approximate surface area is 255 Å². The number of hydrogen-bond donors (Lipinski definition) is 2. The number of carboxylic acid groups (broad SMARTS) is 1. The fraction of sp³-hybridized carbons (Fsp3) is 0.457. The third-order valence-electron chi connectivity index (χ3n) is 8.48. The molecule has 1 atom stereocenters. The van der Waals surface area contributed by atoms with Gasteiger partial charge in [0.1, 0.15) is 0 Å². The number of rotatable bonds is 13. The molecule has 43 heavy (non-hydrogen) atoms. The Bertz CT molecular complexity index is 1270. The molecule has 1 saturated heterocycles. The molecular weight excluding hydrogens is 542 g/mol. The van der Waals surface area contributed by atoms with E-state index in [1.807, 2.05) is 72.5 Å². The van der Waals surface area contributed by atoms with Crippen LogP contribution in [-0.4, -0.2) is 72.1 Å². The fourth-order valence-corrected chi connectivity index (χ4v) is 6.25. The summed E-state index contributed by atoms with van der Waals surface area (Å²) < 4.78 is 5.69. The van der Waals surface area contributed by atoms with Crippen molar-refractivity contribution in [1.29, 1.82) is 0 Å². The molecule has 2 aromatic rings. The molecule has 1 amide bonds. The van der Waals surface area contributed by atoms with Crippen LogP contribution in [0.3, 0.4) is 0 Å². The standard InChI is InChI=1S/C35H45N3O5/c1-4-5-8-18-29-30(34(40)41)25(2)36-26(3)31(29)35(42)43-24-13-19-37-20-22-38(23-21-37)33(39)32(27-14-9-6-10-15-27)28-16-11-7-12-17-28/h6-7,9-12,14-17,29,32,36H,4-5,8,13,18-24H2,1-3H3,(H,40,41). The van der Waals surface area contributed by atoms with Gasteiger partial charge in [-0.25, -0.2) is 9.59 Å². The Morgan fingerprint density at radius 2 is 1.44 bits per heavy atom. The van der Waals surface area contributed by atoms with E-state index in [0.717, 1.165) is 50.0 Å². The maximum atomic E-state index is 13.7. The third-order valence-corrected chi connectivity index (χ3v) is 8.48. The van der Waals surface area contributed by atoms with Crippen molar-refractivity contribution in [2.24, 2.45) is 5.92 Å². The van der Waals surface area contributed by atoms with Crippen LogP contribution in [0.25, 0.3) is 0 Å². The highest BCUT2D eigenvalue weighted by Gasteiger charge is 2.36. The molecule has 2 aliphatic rings. The Morgan fingerprint density at radius 1 is 0.860 bits per heavy atom.